The van der Waals surface area contributed by atoms with Crippen molar-refractivity contribution in [1.82, 2.24) is 9.55 Å². The van der Waals surface area contributed by atoms with E-state index in [4.69, 9.17) is 10.4 Å². The van der Waals surface area contributed by atoms with E-state index in [1.807, 2.05) is 0 Å². The van der Waals surface area contributed by atoms with E-state index in [1.165, 1.54) is 10.6 Å². The number of carbonyl (C=O) groups is 1. The minimum atomic E-state index is -1.01. The number of hydrogen-bond donors (Lipinski definition) is 1. The molecule has 2 aromatic rings. The van der Waals surface area contributed by atoms with E-state index in [9.17, 15) is 9.59 Å². The lowest BCUT2D eigenvalue weighted by Crippen LogP contribution is -2.25. The molecule has 0 atom stereocenters. The third kappa shape index (κ3) is 2.72. The molecule has 0 aliphatic rings. The number of carboxylic acids is 1. The predicted molar refractivity (Wildman–Crippen MR) is 70.9 cm³/mol. The molecule has 0 radical (unpaired) electrons. The molecule has 1 N–H and O–H groups in total. The molecule has 0 aliphatic carbocycles. The van der Waals surface area contributed by atoms with Crippen LogP contribution in [0.5, 0.6) is 0 Å². The Kier molecular flexibility index (Phi) is 3.91. The van der Waals surface area contributed by atoms with Crippen LogP contribution in [0.15, 0.2) is 41.3 Å². The van der Waals surface area contributed by atoms with Crippen molar-refractivity contribution >= 4 is 5.97 Å². The highest BCUT2D eigenvalue weighted by atomic mass is 16.4. The normalized spacial score (nSPS) is 9.95. The summed E-state index contributed by atoms with van der Waals surface area (Å²) in [6, 6.07) is 10.1. The van der Waals surface area contributed by atoms with E-state index in [0.29, 0.717) is 11.4 Å². The maximum atomic E-state index is 12.1. The molecule has 2 rings (SSSR count). The van der Waals surface area contributed by atoms with Crippen LogP contribution in [0.1, 0.15) is 12.0 Å². The smallest absolute Gasteiger partial charge is 0.305 e. The lowest BCUT2D eigenvalue weighted by atomic mass is 10.2. The minimum Gasteiger partial charge on any atom is -0.481 e. The van der Waals surface area contributed by atoms with Crippen LogP contribution in [0, 0.1) is 11.3 Å². The van der Waals surface area contributed by atoms with E-state index >= 15 is 0 Å². The molecule has 0 spiro atoms. The number of pyridine rings is 2. The maximum absolute atomic E-state index is 12.1. The van der Waals surface area contributed by atoms with Gasteiger partial charge in [0.05, 0.1) is 17.8 Å². The van der Waals surface area contributed by atoms with Crippen molar-refractivity contribution in [3.05, 3.63) is 52.4 Å². The molecule has 100 valence electrons. The molecule has 0 aromatic carbocycles. The van der Waals surface area contributed by atoms with Crippen molar-refractivity contribution in [2.24, 2.45) is 0 Å². The first kappa shape index (κ1) is 13.5. The van der Waals surface area contributed by atoms with E-state index in [-0.39, 0.29) is 18.5 Å². The van der Waals surface area contributed by atoms with Crippen LogP contribution in [0.3, 0.4) is 0 Å². The van der Waals surface area contributed by atoms with E-state index in [1.54, 1.807) is 36.5 Å². The van der Waals surface area contributed by atoms with Gasteiger partial charge in [-0.2, -0.15) is 5.26 Å². The molecule has 6 nitrogen and oxygen atoms in total. The Balaban J connectivity index is 2.57. The molecule has 6 heteroatoms. The fourth-order valence-corrected chi connectivity index (χ4v) is 1.83. The fourth-order valence-electron chi connectivity index (χ4n) is 1.83. The third-order valence-electron chi connectivity index (χ3n) is 2.77. The molecular weight excluding hydrogens is 258 g/mol. The lowest BCUT2D eigenvalue weighted by molar-refractivity contribution is -0.137. The summed E-state index contributed by atoms with van der Waals surface area (Å²) in [5.41, 5.74) is 0.530. The van der Waals surface area contributed by atoms with Crippen LogP contribution >= 0.6 is 0 Å². The molecule has 20 heavy (non-hydrogen) atoms. The topological polar surface area (TPSA) is 96.0 Å². The maximum Gasteiger partial charge on any atom is 0.305 e. The molecule has 0 aliphatic heterocycles. The summed E-state index contributed by atoms with van der Waals surface area (Å²) in [5, 5.41) is 17.6. The summed E-state index contributed by atoms with van der Waals surface area (Å²) in [6.07, 6.45) is 1.38. The van der Waals surface area contributed by atoms with Crippen LogP contribution in [-0.2, 0) is 11.3 Å². The Morgan fingerprint density at radius 3 is 2.75 bits per heavy atom. The van der Waals surface area contributed by atoms with Crippen molar-refractivity contribution in [3.63, 3.8) is 0 Å². The largest absolute Gasteiger partial charge is 0.481 e. The van der Waals surface area contributed by atoms with Gasteiger partial charge in [0, 0.05) is 12.7 Å². The SMILES string of the molecule is N#Cc1ccc(-c2ccccn2)n(CCC(=O)O)c1=O. The molecule has 0 saturated heterocycles. The molecule has 2 heterocycles. The highest BCUT2D eigenvalue weighted by molar-refractivity contribution is 5.66. The van der Waals surface area contributed by atoms with Gasteiger partial charge in [0.1, 0.15) is 11.6 Å². The van der Waals surface area contributed by atoms with Gasteiger partial charge in [-0.1, -0.05) is 6.07 Å². The van der Waals surface area contributed by atoms with E-state index in [2.05, 4.69) is 4.98 Å². The van der Waals surface area contributed by atoms with E-state index < -0.39 is 11.5 Å². The predicted octanol–water partition coefficient (Wildman–Crippen LogP) is 1.26. The second-order valence-electron chi connectivity index (χ2n) is 4.06. The van der Waals surface area contributed by atoms with Crippen LogP contribution in [0.2, 0.25) is 0 Å². The lowest BCUT2D eigenvalue weighted by Gasteiger charge is -2.11. The summed E-state index contributed by atoms with van der Waals surface area (Å²) in [5.74, 6) is -1.01. The van der Waals surface area contributed by atoms with Gasteiger partial charge in [0.15, 0.2) is 0 Å². The van der Waals surface area contributed by atoms with Gasteiger partial charge in [0.2, 0.25) is 0 Å². The van der Waals surface area contributed by atoms with Gasteiger partial charge in [-0.05, 0) is 24.3 Å². The number of nitrogens with zero attached hydrogens (tertiary/aromatic N) is 3. The average molecular weight is 269 g/mol. The molecule has 0 amide bonds. The number of nitriles is 1. The average Bonchev–Trinajstić information content (AvgIpc) is 2.46. The van der Waals surface area contributed by atoms with Crippen molar-refractivity contribution in [2.75, 3.05) is 0 Å². The monoisotopic (exact) mass is 269 g/mol. The highest BCUT2D eigenvalue weighted by Gasteiger charge is 2.12. The van der Waals surface area contributed by atoms with Gasteiger partial charge >= 0.3 is 5.97 Å². The third-order valence-corrected chi connectivity index (χ3v) is 2.77. The molecule has 0 fully saturated rings. The summed E-state index contributed by atoms with van der Waals surface area (Å²) < 4.78 is 1.27. The Bertz CT molecular complexity index is 730. The summed E-state index contributed by atoms with van der Waals surface area (Å²) in [7, 11) is 0. The molecule has 0 saturated carbocycles. The molecule has 2 aromatic heterocycles. The van der Waals surface area contributed by atoms with Crippen LogP contribution in [0.4, 0.5) is 0 Å². The van der Waals surface area contributed by atoms with Crippen LogP contribution < -0.4 is 5.56 Å². The van der Waals surface area contributed by atoms with Gasteiger partial charge in [-0.3, -0.25) is 14.6 Å². The zero-order valence-electron chi connectivity index (χ0n) is 10.5. The zero-order valence-corrected chi connectivity index (χ0v) is 10.5. The first-order chi connectivity index (χ1) is 9.63. The van der Waals surface area contributed by atoms with Gasteiger partial charge in [-0.25, -0.2) is 0 Å². The number of rotatable bonds is 4. The fraction of sp³-hybridized carbons (Fsp3) is 0.143. The van der Waals surface area contributed by atoms with Gasteiger partial charge in [-0.15, -0.1) is 0 Å². The second-order valence-corrected chi connectivity index (χ2v) is 4.06. The summed E-state index contributed by atoms with van der Waals surface area (Å²) >= 11 is 0. The zero-order chi connectivity index (χ0) is 14.5. The van der Waals surface area contributed by atoms with Gasteiger partial charge in [0.25, 0.3) is 5.56 Å². The van der Waals surface area contributed by atoms with Gasteiger partial charge < -0.3 is 9.67 Å². The van der Waals surface area contributed by atoms with Crippen LogP contribution in [0.25, 0.3) is 11.4 Å². The Labute approximate surface area is 114 Å². The van der Waals surface area contributed by atoms with E-state index in [0.717, 1.165) is 0 Å². The highest BCUT2D eigenvalue weighted by Crippen LogP contribution is 2.15. The second kappa shape index (κ2) is 5.80. The Morgan fingerprint density at radius 2 is 2.15 bits per heavy atom. The Hall–Kier alpha value is -2.94. The molecular formula is C14H11N3O3. The molecule has 0 unspecified atom stereocenters. The van der Waals surface area contributed by atoms with Crippen molar-refractivity contribution in [1.29, 1.82) is 5.26 Å². The Morgan fingerprint density at radius 1 is 1.35 bits per heavy atom. The standard InChI is InChI=1S/C14H11N3O3/c15-9-10-4-5-12(11-3-1-2-7-16-11)17(14(10)20)8-6-13(18)19/h1-5,7H,6,8H2,(H,18,19). The minimum absolute atomic E-state index is 0.00437. The van der Waals surface area contributed by atoms with Crippen molar-refractivity contribution in [2.45, 2.75) is 13.0 Å². The first-order valence-electron chi connectivity index (χ1n) is 5.90. The quantitative estimate of drug-likeness (QED) is 0.901. The number of aromatic nitrogens is 2. The van der Waals surface area contributed by atoms with Crippen molar-refractivity contribution in [3.8, 4) is 17.5 Å². The number of aliphatic carboxylic acids is 1. The van der Waals surface area contributed by atoms with Crippen LogP contribution in [-0.4, -0.2) is 20.6 Å². The summed E-state index contributed by atoms with van der Waals surface area (Å²) in [6.45, 7) is -0.00437. The summed E-state index contributed by atoms with van der Waals surface area (Å²) in [4.78, 5) is 27.0. The first-order valence-corrected chi connectivity index (χ1v) is 5.90. The number of carboxylic acid groups (broad SMARTS) is 1. The molecule has 0 bridgehead atoms. The van der Waals surface area contributed by atoms with Crippen molar-refractivity contribution < 1.29 is 9.90 Å². The number of hydrogen-bond acceptors (Lipinski definition) is 4.